The molecule has 1 unspecified atom stereocenters. The summed E-state index contributed by atoms with van der Waals surface area (Å²) in [6, 6.07) is 4.58. The number of cyclic esters (lactones) is 1. The molecule has 4 heterocycles. The lowest BCUT2D eigenvalue weighted by atomic mass is 9.78. The lowest BCUT2D eigenvalue weighted by Gasteiger charge is -2.40. The number of rotatable bonds is 5. The van der Waals surface area contributed by atoms with Crippen LogP contribution in [0.15, 0.2) is 42.5 Å². The number of ether oxygens (including phenoxy) is 1. The number of aliphatic hydroxyl groups excluding tert-OH is 1. The zero-order valence-electron chi connectivity index (χ0n) is 21.9. The molecule has 4 aliphatic heterocycles. The third-order valence-electron chi connectivity index (χ3n) is 8.61. The number of likely N-dealkylation sites (tertiary alicyclic amines) is 1. The summed E-state index contributed by atoms with van der Waals surface area (Å²) in [7, 11) is 0. The minimum absolute atomic E-state index is 0.0246. The van der Waals surface area contributed by atoms with Crippen LogP contribution in [0.25, 0.3) is 0 Å². The molecule has 1 N–H and O–H groups in total. The van der Waals surface area contributed by atoms with Gasteiger partial charge in [-0.15, -0.1) is 11.8 Å². The van der Waals surface area contributed by atoms with Crippen molar-refractivity contribution in [2.24, 2.45) is 17.8 Å². The van der Waals surface area contributed by atoms with Gasteiger partial charge in [-0.05, 0) is 37.3 Å². The van der Waals surface area contributed by atoms with Gasteiger partial charge < -0.3 is 19.6 Å². The topological polar surface area (TPSA) is 87.2 Å². The standard InChI is InChI=1S/C29H36N2O5S/c1-5-17(2)20(16-32)31-25-27(34)30(24-18(3)10-8-11-19(24)4)14-9-13-29(25)23(26(31)33)22-21(37-29)12-6-7-15-36-28(22)35/h6,8-13,17,20-23,25,32H,5,7,14-16H2,1-4H3/t17-,20-,21+,22-,23-,25?,29-/m0/s1. The van der Waals surface area contributed by atoms with E-state index in [2.05, 4.69) is 0 Å². The Bertz CT molecular complexity index is 1140. The molecule has 8 heteroatoms. The average Bonchev–Trinajstić information content (AvgIpc) is 3.24. The Morgan fingerprint density at radius 3 is 2.57 bits per heavy atom. The second-order valence-corrected chi connectivity index (χ2v) is 12.2. The summed E-state index contributed by atoms with van der Waals surface area (Å²) in [5.74, 6) is -2.22. The van der Waals surface area contributed by atoms with Crippen molar-refractivity contribution in [3.8, 4) is 0 Å². The van der Waals surface area contributed by atoms with E-state index in [0.717, 1.165) is 23.2 Å². The first-order valence-electron chi connectivity index (χ1n) is 13.3. The third-order valence-corrected chi connectivity index (χ3v) is 10.4. The lowest BCUT2D eigenvalue weighted by molar-refractivity contribution is -0.153. The molecule has 37 heavy (non-hydrogen) atoms. The van der Waals surface area contributed by atoms with Gasteiger partial charge in [0.25, 0.3) is 5.91 Å². The highest BCUT2D eigenvalue weighted by molar-refractivity contribution is 8.02. The van der Waals surface area contributed by atoms with Gasteiger partial charge in [-0.25, -0.2) is 0 Å². The molecule has 5 rings (SSSR count). The highest BCUT2D eigenvalue weighted by Crippen LogP contribution is 2.61. The molecule has 7 atom stereocenters. The first-order valence-corrected chi connectivity index (χ1v) is 14.1. The molecule has 0 radical (unpaired) electrons. The van der Waals surface area contributed by atoms with Crippen LogP contribution in [-0.2, 0) is 19.1 Å². The van der Waals surface area contributed by atoms with Crippen LogP contribution in [-0.4, -0.2) is 69.6 Å². The summed E-state index contributed by atoms with van der Waals surface area (Å²) in [5, 5.41) is 10.2. The smallest absolute Gasteiger partial charge is 0.311 e. The molecule has 7 nitrogen and oxygen atoms in total. The number of hydrogen-bond donors (Lipinski definition) is 1. The van der Waals surface area contributed by atoms with E-state index in [0.29, 0.717) is 13.0 Å². The van der Waals surface area contributed by atoms with Crippen molar-refractivity contribution in [3.63, 3.8) is 0 Å². The zero-order valence-corrected chi connectivity index (χ0v) is 22.7. The maximum absolute atomic E-state index is 14.6. The molecule has 0 bridgehead atoms. The monoisotopic (exact) mass is 524 g/mol. The maximum Gasteiger partial charge on any atom is 0.311 e. The Morgan fingerprint density at radius 2 is 1.89 bits per heavy atom. The van der Waals surface area contributed by atoms with E-state index in [9.17, 15) is 19.5 Å². The maximum atomic E-state index is 14.6. The van der Waals surface area contributed by atoms with Gasteiger partial charge in [-0.2, -0.15) is 0 Å². The lowest BCUT2D eigenvalue weighted by Crippen LogP contribution is -2.58. The first-order chi connectivity index (χ1) is 17.8. The fraction of sp³-hybridized carbons (Fsp3) is 0.552. The normalized spacial score (nSPS) is 32.7. The second kappa shape index (κ2) is 9.95. The van der Waals surface area contributed by atoms with Crippen LogP contribution in [0.3, 0.4) is 0 Å². The molecule has 4 aliphatic rings. The van der Waals surface area contributed by atoms with E-state index in [-0.39, 0.29) is 42.2 Å². The predicted molar refractivity (Wildman–Crippen MR) is 144 cm³/mol. The van der Waals surface area contributed by atoms with Crippen molar-refractivity contribution in [2.45, 2.75) is 62.6 Å². The Labute approximate surface area is 222 Å². The summed E-state index contributed by atoms with van der Waals surface area (Å²) in [4.78, 5) is 45.7. The number of nitrogens with zero attached hydrogens (tertiary/aromatic N) is 2. The van der Waals surface area contributed by atoms with E-state index >= 15 is 0 Å². The highest BCUT2D eigenvalue weighted by Gasteiger charge is 2.72. The molecule has 1 aromatic carbocycles. The van der Waals surface area contributed by atoms with Crippen LogP contribution in [0.5, 0.6) is 0 Å². The Morgan fingerprint density at radius 1 is 1.16 bits per heavy atom. The van der Waals surface area contributed by atoms with Crippen molar-refractivity contribution in [2.75, 3.05) is 24.7 Å². The van der Waals surface area contributed by atoms with Crippen molar-refractivity contribution >= 4 is 35.2 Å². The molecule has 0 saturated carbocycles. The molecule has 198 valence electrons. The van der Waals surface area contributed by atoms with Crippen LogP contribution in [0.1, 0.15) is 37.8 Å². The summed E-state index contributed by atoms with van der Waals surface area (Å²) < 4.78 is 4.63. The predicted octanol–water partition coefficient (Wildman–Crippen LogP) is 3.41. The molecular formula is C29H36N2O5S. The summed E-state index contributed by atoms with van der Waals surface area (Å²) in [5.41, 5.74) is 2.82. The molecule has 1 aromatic rings. The van der Waals surface area contributed by atoms with E-state index in [1.807, 2.05) is 70.2 Å². The van der Waals surface area contributed by atoms with E-state index in [1.54, 1.807) is 9.80 Å². The molecule has 2 fully saturated rings. The van der Waals surface area contributed by atoms with Crippen LogP contribution in [0.2, 0.25) is 0 Å². The SMILES string of the molecule is CC[C@H](C)[C@H](CO)N1C(=O)[C@@H]2[C@H]3C(=O)OCCC=C[C@H]3S[C@@]23C=CCN(c2c(C)cccc2C)C(=O)C13. The summed E-state index contributed by atoms with van der Waals surface area (Å²) in [6.45, 7) is 8.41. The van der Waals surface area contributed by atoms with Gasteiger partial charge in [0, 0.05) is 17.5 Å². The fourth-order valence-corrected chi connectivity index (χ4v) is 8.64. The van der Waals surface area contributed by atoms with Gasteiger partial charge in [0.05, 0.1) is 35.8 Å². The molecule has 0 aromatic heterocycles. The van der Waals surface area contributed by atoms with Crippen LogP contribution in [0, 0.1) is 31.6 Å². The zero-order chi connectivity index (χ0) is 26.5. The number of carbonyl (C=O) groups excluding carboxylic acids is 3. The number of thioether (sulfide) groups is 1. The van der Waals surface area contributed by atoms with Gasteiger partial charge in [-0.1, -0.05) is 62.8 Å². The first kappa shape index (κ1) is 26.0. The molecular weight excluding hydrogens is 488 g/mol. The quantitative estimate of drug-likeness (QED) is 0.469. The molecule has 2 amide bonds. The van der Waals surface area contributed by atoms with Gasteiger partial charge in [0.15, 0.2) is 0 Å². The number of hydrogen-bond acceptors (Lipinski definition) is 6. The number of fused-ring (bicyclic) bond motifs is 2. The van der Waals surface area contributed by atoms with Crippen molar-refractivity contribution in [3.05, 3.63) is 53.6 Å². The number of para-hydroxylation sites is 1. The Hall–Kier alpha value is -2.58. The number of esters is 1. The van der Waals surface area contributed by atoms with Gasteiger partial charge in [0.1, 0.15) is 6.04 Å². The number of aryl methyl sites for hydroxylation is 2. The van der Waals surface area contributed by atoms with Gasteiger partial charge >= 0.3 is 5.97 Å². The number of aliphatic hydroxyl groups is 1. The number of carbonyl (C=O) groups is 3. The molecule has 1 spiro atoms. The second-order valence-electron chi connectivity index (χ2n) is 10.7. The minimum atomic E-state index is -0.927. The Balaban J connectivity index is 1.69. The fourth-order valence-electron chi connectivity index (χ4n) is 6.65. The van der Waals surface area contributed by atoms with Crippen molar-refractivity contribution in [1.82, 2.24) is 4.90 Å². The largest absolute Gasteiger partial charge is 0.465 e. The summed E-state index contributed by atoms with van der Waals surface area (Å²) in [6.07, 6.45) is 9.38. The number of amides is 2. The van der Waals surface area contributed by atoms with Crippen molar-refractivity contribution < 1.29 is 24.2 Å². The molecule has 0 aliphatic carbocycles. The minimum Gasteiger partial charge on any atom is -0.465 e. The highest BCUT2D eigenvalue weighted by atomic mass is 32.2. The molecule has 2 saturated heterocycles. The van der Waals surface area contributed by atoms with Crippen LogP contribution in [0.4, 0.5) is 5.69 Å². The third kappa shape index (κ3) is 3.95. The number of benzene rings is 1. The van der Waals surface area contributed by atoms with Crippen LogP contribution >= 0.6 is 11.8 Å². The van der Waals surface area contributed by atoms with Gasteiger partial charge in [-0.3, -0.25) is 14.4 Å². The van der Waals surface area contributed by atoms with Crippen molar-refractivity contribution in [1.29, 1.82) is 0 Å². The van der Waals surface area contributed by atoms with E-state index < -0.39 is 28.7 Å². The number of anilines is 1. The van der Waals surface area contributed by atoms with Gasteiger partial charge in [0.2, 0.25) is 5.91 Å². The summed E-state index contributed by atoms with van der Waals surface area (Å²) >= 11 is 1.53. The van der Waals surface area contributed by atoms with Crippen LogP contribution < -0.4 is 4.90 Å². The van der Waals surface area contributed by atoms with E-state index in [1.165, 1.54) is 11.8 Å². The van der Waals surface area contributed by atoms with E-state index in [4.69, 9.17) is 4.74 Å². The Kier molecular flexibility index (Phi) is 7.00. The average molecular weight is 525 g/mol.